The zero-order chi connectivity index (χ0) is 11.8. The first-order chi connectivity index (χ1) is 6.22. The molecule has 0 radical (unpaired) electrons. The molecule has 11 heteroatoms. The largest absolute Gasteiger partial charge is 1.00 e. The maximum atomic E-state index is 9.28. The fourth-order valence-electron chi connectivity index (χ4n) is 0.145. The normalized spacial score (nSPS) is 9.67. The van der Waals surface area contributed by atoms with Crippen molar-refractivity contribution < 1.29 is 71.9 Å². The van der Waals surface area contributed by atoms with Crippen LogP contribution in [0.2, 0.25) is 0 Å². The molecule has 0 fully saturated rings. The third kappa shape index (κ3) is 24.9. The number of aliphatic hydroxyl groups excluding tert-OH is 3. The molecule has 0 aliphatic carbocycles. The molecule has 0 aromatic carbocycles. The van der Waals surface area contributed by atoms with Gasteiger partial charge >= 0.3 is 35.7 Å². The molecule has 0 heterocycles. The van der Waals surface area contributed by atoms with Crippen molar-refractivity contribution in [2.75, 3.05) is 13.2 Å². The fraction of sp³-hybridized carbons (Fsp3) is 0.750. The van der Waals surface area contributed by atoms with E-state index in [2.05, 4.69) is 4.18 Å². The SMILES string of the molecule is O=C(O)OS(=O)(=O)[O-].OCC(O)CO.[Na+]. The van der Waals surface area contributed by atoms with E-state index in [0.717, 1.165) is 0 Å². The van der Waals surface area contributed by atoms with Crippen LogP contribution < -0.4 is 29.6 Å². The number of aliphatic hydroxyl groups is 3. The number of carboxylic acid groups (broad SMARTS) is 1. The van der Waals surface area contributed by atoms with Gasteiger partial charge < -0.3 is 29.2 Å². The summed E-state index contributed by atoms with van der Waals surface area (Å²) in [4.78, 5) is 9.21. The third-order valence-corrected chi connectivity index (χ3v) is 0.942. The summed E-state index contributed by atoms with van der Waals surface area (Å²) in [5.41, 5.74) is 0. The van der Waals surface area contributed by atoms with Gasteiger partial charge in [0.2, 0.25) is 0 Å². The maximum absolute atomic E-state index is 9.28. The second-order valence-corrected chi connectivity index (χ2v) is 2.76. The van der Waals surface area contributed by atoms with Crippen molar-refractivity contribution >= 4 is 16.6 Å². The molecule has 0 bridgehead atoms. The van der Waals surface area contributed by atoms with E-state index in [1.54, 1.807) is 0 Å². The quantitative estimate of drug-likeness (QED) is 0.219. The molecular weight excluding hydrogens is 247 g/mol. The number of carbonyl (C=O) groups is 1. The van der Waals surface area contributed by atoms with Crippen LogP contribution in [0.25, 0.3) is 0 Å². The Bertz CT molecular complexity index is 245. The van der Waals surface area contributed by atoms with Crippen LogP contribution in [0.5, 0.6) is 0 Å². The molecule has 0 aliphatic rings. The first-order valence-electron chi connectivity index (χ1n) is 3.01. The topological polar surface area (TPSA) is 164 Å². The van der Waals surface area contributed by atoms with Crippen LogP contribution in [0.1, 0.15) is 0 Å². The average Bonchev–Trinajstić information content (AvgIpc) is 1.99. The standard InChI is InChI=1S/C3H8O3.CH2O6S.Na/c4-1-3(6)2-5;2-1(3)7-8(4,5)6;/h3-6H,1-2H2;(H,2,3)(H,4,5,6);/q;;+1/p-1. The van der Waals surface area contributed by atoms with E-state index in [4.69, 9.17) is 20.4 Å². The monoisotopic (exact) mass is 256 g/mol. The summed E-state index contributed by atoms with van der Waals surface area (Å²) in [6, 6.07) is 0. The molecule has 0 saturated heterocycles. The molecule has 15 heavy (non-hydrogen) atoms. The molecule has 0 aliphatic heterocycles. The predicted octanol–water partition coefficient (Wildman–Crippen LogP) is -5.52. The second-order valence-electron chi connectivity index (χ2n) is 1.78. The fourth-order valence-corrected chi connectivity index (χ4v) is 0.320. The Hall–Kier alpha value is 0.0600. The summed E-state index contributed by atoms with van der Waals surface area (Å²) in [6.07, 6.45) is -3.08. The number of rotatable bonds is 3. The van der Waals surface area contributed by atoms with E-state index in [1.807, 2.05) is 0 Å². The Morgan fingerprint density at radius 3 is 1.67 bits per heavy atom. The molecule has 0 saturated carbocycles. The van der Waals surface area contributed by atoms with Gasteiger partial charge in [-0.05, 0) is 0 Å². The van der Waals surface area contributed by atoms with E-state index in [9.17, 15) is 17.8 Å². The smallest absolute Gasteiger partial charge is 0.716 e. The third-order valence-electron chi connectivity index (χ3n) is 0.595. The van der Waals surface area contributed by atoms with Gasteiger partial charge in [0, 0.05) is 0 Å². The summed E-state index contributed by atoms with van der Waals surface area (Å²) in [7, 11) is -5.07. The molecule has 0 unspecified atom stereocenters. The summed E-state index contributed by atoms with van der Waals surface area (Å²) < 4.78 is 30.6. The van der Waals surface area contributed by atoms with Crippen molar-refractivity contribution in [1.82, 2.24) is 0 Å². The van der Waals surface area contributed by atoms with Crippen molar-refractivity contribution in [2.24, 2.45) is 0 Å². The molecule has 0 amide bonds. The Balaban J connectivity index is -0.000000187. The number of hydrogen-bond donors (Lipinski definition) is 4. The number of hydrogen-bond acceptors (Lipinski definition) is 8. The minimum atomic E-state index is -5.07. The van der Waals surface area contributed by atoms with Crippen LogP contribution in [0.3, 0.4) is 0 Å². The van der Waals surface area contributed by atoms with E-state index in [1.165, 1.54) is 0 Å². The molecular formula is C4H9NaO9S. The molecule has 0 aromatic heterocycles. The van der Waals surface area contributed by atoms with Gasteiger partial charge in [-0.1, -0.05) is 0 Å². The van der Waals surface area contributed by atoms with Crippen molar-refractivity contribution in [3.8, 4) is 0 Å². The molecule has 9 nitrogen and oxygen atoms in total. The summed E-state index contributed by atoms with van der Waals surface area (Å²) in [5.74, 6) is 0. The van der Waals surface area contributed by atoms with Crippen LogP contribution in [-0.4, -0.2) is 58.9 Å². The van der Waals surface area contributed by atoms with Gasteiger partial charge in [-0.2, -0.15) is 0 Å². The Kier molecular flexibility index (Phi) is 14.4. The molecule has 0 rings (SSSR count). The minimum absolute atomic E-state index is 0. The molecule has 4 N–H and O–H groups in total. The van der Waals surface area contributed by atoms with Crippen molar-refractivity contribution in [3.05, 3.63) is 0 Å². The first kappa shape index (κ1) is 20.5. The van der Waals surface area contributed by atoms with Crippen LogP contribution in [0.4, 0.5) is 4.79 Å². The van der Waals surface area contributed by atoms with Crippen LogP contribution >= 0.6 is 0 Å². The zero-order valence-corrected chi connectivity index (χ0v) is 10.5. The van der Waals surface area contributed by atoms with Crippen LogP contribution in [0, 0.1) is 0 Å². The van der Waals surface area contributed by atoms with Gasteiger partial charge in [0.15, 0.2) is 0 Å². The van der Waals surface area contributed by atoms with Gasteiger partial charge in [-0.3, -0.25) is 0 Å². The van der Waals surface area contributed by atoms with E-state index >= 15 is 0 Å². The van der Waals surface area contributed by atoms with Crippen molar-refractivity contribution in [1.29, 1.82) is 0 Å². The van der Waals surface area contributed by atoms with Gasteiger partial charge in [-0.25, -0.2) is 13.2 Å². The van der Waals surface area contributed by atoms with Crippen molar-refractivity contribution in [2.45, 2.75) is 6.10 Å². The minimum Gasteiger partial charge on any atom is -0.716 e. The van der Waals surface area contributed by atoms with Crippen molar-refractivity contribution in [3.63, 3.8) is 0 Å². The average molecular weight is 256 g/mol. The van der Waals surface area contributed by atoms with Crippen LogP contribution in [-0.2, 0) is 14.6 Å². The predicted molar refractivity (Wildman–Crippen MR) is 39.0 cm³/mol. The van der Waals surface area contributed by atoms with Crippen LogP contribution in [0.15, 0.2) is 0 Å². The Labute approximate surface area is 108 Å². The van der Waals surface area contributed by atoms with Gasteiger partial charge in [0.05, 0.1) is 13.2 Å². The second kappa shape index (κ2) is 10.6. The van der Waals surface area contributed by atoms with E-state index in [-0.39, 0.29) is 42.8 Å². The maximum Gasteiger partial charge on any atom is 1.00 e. The van der Waals surface area contributed by atoms with E-state index in [0.29, 0.717) is 0 Å². The van der Waals surface area contributed by atoms with Gasteiger partial charge in [0.25, 0.3) is 10.4 Å². The molecule has 86 valence electrons. The molecule has 0 atom stereocenters. The molecule has 0 spiro atoms. The summed E-state index contributed by atoms with van der Waals surface area (Å²) >= 11 is 0. The summed E-state index contributed by atoms with van der Waals surface area (Å²) in [6.45, 7) is -0.729. The van der Waals surface area contributed by atoms with Gasteiger partial charge in [0.1, 0.15) is 6.10 Å². The first-order valence-corrected chi connectivity index (χ1v) is 4.34. The molecule has 0 aromatic rings. The summed E-state index contributed by atoms with van der Waals surface area (Å²) in [5, 5.41) is 31.5. The zero-order valence-electron chi connectivity index (χ0n) is 7.73. The Morgan fingerprint density at radius 2 is 1.67 bits per heavy atom. The Morgan fingerprint density at radius 1 is 1.33 bits per heavy atom. The van der Waals surface area contributed by atoms with Gasteiger partial charge in [-0.15, -0.1) is 0 Å². The van der Waals surface area contributed by atoms with E-state index < -0.39 is 22.7 Å².